The van der Waals surface area contributed by atoms with Crippen LogP contribution in [-0.4, -0.2) is 43.5 Å². The molecule has 2 atom stereocenters. The fraction of sp³-hybridized carbons (Fsp3) is 0.412. The van der Waals surface area contributed by atoms with Crippen LogP contribution in [0.25, 0.3) is 0 Å². The summed E-state index contributed by atoms with van der Waals surface area (Å²) in [6, 6.07) is 4.33. The van der Waals surface area contributed by atoms with Gasteiger partial charge in [-0.3, -0.25) is 19.6 Å². The van der Waals surface area contributed by atoms with Crippen molar-refractivity contribution in [1.29, 1.82) is 0 Å². The fourth-order valence-electron chi connectivity index (χ4n) is 2.63. The minimum absolute atomic E-state index is 0.0851. The van der Waals surface area contributed by atoms with Crippen molar-refractivity contribution in [3.05, 3.63) is 56.4 Å². The lowest BCUT2D eigenvalue weighted by molar-refractivity contribution is -0.384. The number of nitro benzene ring substituents is 1. The number of hydrogen-bond donors (Lipinski definition) is 3. The second-order valence-corrected chi connectivity index (χ2v) is 6.49. The Kier molecular flexibility index (Phi) is 6.89. The number of carbonyl (C=O) groups is 1. The van der Waals surface area contributed by atoms with Crippen LogP contribution in [0.5, 0.6) is 0 Å². The topological polar surface area (TPSA) is 131 Å². The van der Waals surface area contributed by atoms with E-state index in [1.807, 2.05) is 0 Å². The predicted octanol–water partition coefficient (Wildman–Crippen LogP) is 1.66. The van der Waals surface area contributed by atoms with Crippen LogP contribution in [0, 0.1) is 24.0 Å². The van der Waals surface area contributed by atoms with Crippen LogP contribution in [0.15, 0.2) is 24.3 Å². The molecule has 146 valence electrons. The van der Waals surface area contributed by atoms with E-state index in [9.17, 15) is 25.1 Å². The van der Waals surface area contributed by atoms with Crippen LogP contribution in [0.4, 0.5) is 5.69 Å². The standard InChI is InChI=1S/C17H21ClN4O5/c1-10-16(18)11(2)21(20-10)8-7-15(24)19-14(9-23)17(25)12-3-5-13(6-4-12)22(26)27/h3-6,14,17,23,25H,7-9H2,1-2H3,(H,19,24). The SMILES string of the molecule is Cc1nn(CCC(=O)NC(CO)C(O)c2ccc([N+](=O)[O-])cc2)c(C)c1Cl. The summed E-state index contributed by atoms with van der Waals surface area (Å²) in [4.78, 5) is 22.3. The number of aryl methyl sites for hydroxylation is 2. The van der Waals surface area contributed by atoms with Crippen LogP contribution >= 0.6 is 11.6 Å². The van der Waals surface area contributed by atoms with E-state index in [1.54, 1.807) is 18.5 Å². The molecule has 0 saturated heterocycles. The molecule has 9 nitrogen and oxygen atoms in total. The second-order valence-electron chi connectivity index (χ2n) is 6.11. The summed E-state index contributed by atoms with van der Waals surface area (Å²) < 4.78 is 1.62. The molecule has 1 heterocycles. The van der Waals surface area contributed by atoms with Gasteiger partial charge in [0.05, 0.1) is 40.5 Å². The molecule has 2 rings (SSSR count). The van der Waals surface area contributed by atoms with Crippen molar-refractivity contribution in [2.75, 3.05) is 6.61 Å². The van der Waals surface area contributed by atoms with Gasteiger partial charge in [0.15, 0.2) is 0 Å². The predicted molar refractivity (Wildman–Crippen MR) is 98.4 cm³/mol. The summed E-state index contributed by atoms with van der Waals surface area (Å²) >= 11 is 6.07. The zero-order chi connectivity index (χ0) is 20.1. The summed E-state index contributed by atoms with van der Waals surface area (Å²) in [5.41, 5.74) is 1.67. The molecule has 1 amide bonds. The molecular weight excluding hydrogens is 376 g/mol. The molecule has 0 aliphatic heterocycles. The number of nitrogens with one attached hydrogen (secondary N) is 1. The molecule has 0 radical (unpaired) electrons. The average Bonchev–Trinajstić information content (AvgIpc) is 2.90. The summed E-state index contributed by atoms with van der Waals surface area (Å²) in [6.07, 6.45) is -1.12. The first kappa shape index (κ1) is 20.8. The zero-order valence-electron chi connectivity index (χ0n) is 14.9. The van der Waals surface area contributed by atoms with Crippen molar-refractivity contribution in [3.8, 4) is 0 Å². The minimum Gasteiger partial charge on any atom is -0.394 e. The zero-order valence-corrected chi connectivity index (χ0v) is 15.7. The molecule has 10 heteroatoms. The third-order valence-electron chi connectivity index (χ3n) is 4.21. The lowest BCUT2D eigenvalue weighted by Crippen LogP contribution is -2.42. The molecule has 27 heavy (non-hydrogen) atoms. The molecule has 2 aromatic rings. The Morgan fingerprint density at radius 1 is 1.37 bits per heavy atom. The number of aliphatic hydroxyl groups excluding tert-OH is 2. The van der Waals surface area contributed by atoms with Gasteiger partial charge in [-0.15, -0.1) is 0 Å². The molecule has 2 unspecified atom stereocenters. The van der Waals surface area contributed by atoms with E-state index in [4.69, 9.17) is 11.6 Å². The van der Waals surface area contributed by atoms with Crippen molar-refractivity contribution in [1.82, 2.24) is 15.1 Å². The van der Waals surface area contributed by atoms with Crippen LogP contribution in [0.3, 0.4) is 0 Å². The van der Waals surface area contributed by atoms with Gasteiger partial charge in [0, 0.05) is 18.6 Å². The van der Waals surface area contributed by atoms with Crippen LogP contribution in [0.1, 0.15) is 29.5 Å². The Labute approximate surface area is 160 Å². The van der Waals surface area contributed by atoms with E-state index in [-0.39, 0.29) is 18.0 Å². The average molecular weight is 397 g/mol. The summed E-state index contributed by atoms with van der Waals surface area (Å²) in [6.45, 7) is 3.38. The third-order valence-corrected chi connectivity index (χ3v) is 4.76. The summed E-state index contributed by atoms with van der Waals surface area (Å²) in [5.74, 6) is -0.376. The van der Waals surface area contributed by atoms with E-state index in [0.29, 0.717) is 22.8 Å². The number of rotatable bonds is 8. The lowest BCUT2D eigenvalue weighted by atomic mass is 10.0. The number of hydrogen-bond acceptors (Lipinski definition) is 6. The summed E-state index contributed by atoms with van der Waals surface area (Å²) in [7, 11) is 0. The second kappa shape index (κ2) is 8.94. The molecule has 1 aromatic carbocycles. The van der Waals surface area contributed by atoms with E-state index in [2.05, 4.69) is 10.4 Å². The summed E-state index contributed by atoms with van der Waals surface area (Å²) in [5, 5.41) is 37.9. The molecule has 3 N–H and O–H groups in total. The Morgan fingerprint density at radius 2 is 2.00 bits per heavy atom. The quantitative estimate of drug-likeness (QED) is 0.459. The first-order valence-electron chi connectivity index (χ1n) is 8.26. The van der Waals surface area contributed by atoms with Gasteiger partial charge >= 0.3 is 0 Å². The monoisotopic (exact) mass is 396 g/mol. The Bertz CT molecular complexity index is 821. The maximum atomic E-state index is 12.2. The number of aliphatic hydroxyl groups is 2. The molecule has 0 aliphatic rings. The van der Waals surface area contributed by atoms with Gasteiger partial charge in [0.2, 0.25) is 5.91 Å². The number of nitro groups is 1. The van der Waals surface area contributed by atoms with Crippen molar-refractivity contribution >= 4 is 23.2 Å². The van der Waals surface area contributed by atoms with Crippen molar-refractivity contribution < 1.29 is 19.9 Å². The maximum absolute atomic E-state index is 12.2. The third kappa shape index (κ3) is 5.03. The number of benzene rings is 1. The Balaban J connectivity index is 1.97. The first-order chi connectivity index (χ1) is 12.7. The van der Waals surface area contributed by atoms with Gasteiger partial charge in [0.25, 0.3) is 5.69 Å². The van der Waals surface area contributed by atoms with Gasteiger partial charge in [0.1, 0.15) is 6.10 Å². The van der Waals surface area contributed by atoms with Gasteiger partial charge < -0.3 is 15.5 Å². The van der Waals surface area contributed by atoms with E-state index >= 15 is 0 Å². The van der Waals surface area contributed by atoms with Crippen molar-refractivity contribution in [2.45, 2.75) is 39.0 Å². The normalized spacial score (nSPS) is 13.2. The lowest BCUT2D eigenvalue weighted by Gasteiger charge is -2.22. The maximum Gasteiger partial charge on any atom is 0.269 e. The number of halogens is 1. The van der Waals surface area contributed by atoms with Gasteiger partial charge in [-0.25, -0.2) is 0 Å². The highest BCUT2D eigenvalue weighted by Gasteiger charge is 2.23. The molecule has 0 fully saturated rings. The number of nitrogens with zero attached hydrogens (tertiary/aromatic N) is 3. The molecule has 0 bridgehead atoms. The van der Waals surface area contributed by atoms with Crippen molar-refractivity contribution in [2.24, 2.45) is 0 Å². The molecule has 1 aromatic heterocycles. The van der Waals surface area contributed by atoms with Crippen molar-refractivity contribution in [3.63, 3.8) is 0 Å². The number of carbonyl (C=O) groups excluding carboxylic acids is 1. The van der Waals surface area contributed by atoms with Gasteiger partial charge in [-0.2, -0.15) is 5.10 Å². The highest BCUT2D eigenvalue weighted by atomic mass is 35.5. The largest absolute Gasteiger partial charge is 0.394 e. The van der Waals surface area contributed by atoms with Crippen LogP contribution < -0.4 is 5.32 Å². The fourth-order valence-corrected chi connectivity index (χ4v) is 2.76. The highest BCUT2D eigenvalue weighted by Crippen LogP contribution is 2.21. The smallest absolute Gasteiger partial charge is 0.269 e. The van der Waals surface area contributed by atoms with Gasteiger partial charge in [-0.05, 0) is 31.5 Å². The van der Waals surface area contributed by atoms with E-state index in [0.717, 1.165) is 5.69 Å². The number of aromatic nitrogens is 2. The molecule has 0 spiro atoms. The van der Waals surface area contributed by atoms with Gasteiger partial charge in [-0.1, -0.05) is 11.6 Å². The highest BCUT2D eigenvalue weighted by molar-refractivity contribution is 6.31. The molecular formula is C17H21ClN4O5. The van der Waals surface area contributed by atoms with Crippen LogP contribution in [-0.2, 0) is 11.3 Å². The number of amides is 1. The van der Waals surface area contributed by atoms with E-state index < -0.39 is 23.7 Å². The Morgan fingerprint density at radius 3 is 2.48 bits per heavy atom. The molecule has 0 saturated carbocycles. The van der Waals surface area contributed by atoms with E-state index in [1.165, 1.54) is 24.3 Å². The first-order valence-corrected chi connectivity index (χ1v) is 8.64. The minimum atomic E-state index is -1.21. The number of non-ortho nitro benzene ring substituents is 1. The molecule has 0 aliphatic carbocycles. The van der Waals surface area contributed by atoms with Crippen LogP contribution in [0.2, 0.25) is 5.02 Å². The Hall–Kier alpha value is -2.49.